The first kappa shape index (κ1) is 9.51. The highest BCUT2D eigenvalue weighted by atomic mass is 79.9. The van der Waals surface area contributed by atoms with Gasteiger partial charge < -0.3 is 15.3 Å². The minimum absolute atomic E-state index is 0.0757. The van der Waals surface area contributed by atoms with E-state index in [0.29, 0.717) is 10.0 Å². The van der Waals surface area contributed by atoms with Gasteiger partial charge in [-0.05, 0) is 24.6 Å². The van der Waals surface area contributed by atoms with E-state index in [1.807, 2.05) is 0 Å². The number of phenols is 1. The van der Waals surface area contributed by atoms with E-state index in [2.05, 4.69) is 15.9 Å². The molecule has 1 aromatic carbocycles. The monoisotopic (exact) mass is 232 g/mol. The molecular weight excluding hydrogens is 224 g/mol. The van der Waals surface area contributed by atoms with Crippen LogP contribution in [0.4, 0.5) is 0 Å². The molecule has 12 heavy (non-hydrogen) atoms. The zero-order valence-electron chi connectivity index (χ0n) is 6.45. The van der Waals surface area contributed by atoms with Gasteiger partial charge in [-0.1, -0.05) is 15.9 Å². The zero-order valence-corrected chi connectivity index (χ0v) is 8.04. The quantitative estimate of drug-likeness (QED) is 0.643. The SMILES string of the molecule is Cc1cc(Br)cc(C(O)O)c1O. The molecule has 0 amide bonds. The number of halogens is 1. The Kier molecular flexibility index (Phi) is 2.72. The Morgan fingerprint density at radius 1 is 1.33 bits per heavy atom. The largest absolute Gasteiger partial charge is 0.507 e. The molecule has 0 aromatic heterocycles. The second kappa shape index (κ2) is 3.43. The van der Waals surface area contributed by atoms with Gasteiger partial charge in [-0.25, -0.2) is 0 Å². The van der Waals surface area contributed by atoms with Gasteiger partial charge >= 0.3 is 0 Å². The van der Waals surface area contributed by atoms with Crippen molar-refractivity contribution in [2.24, 2.45) is 0 Å². The van der Waals surface area contributed by atoms with Crippen molar-refractivity contribution in [2.45, 2.75) is 13.2 Å². The number of rotatable bonds is 1. The Morgan fingerprint density at radius 2 is 1.92 bits per heavy atom. The van der Waals surface area contributed by atoms with Gasteiger partial charge in [-0.15, -0.1) is 0 Å². The maximum atomic E-state index is 9.35. The van der Waals surface area contributed by atoms with Crippen molar-refractivity contribution in [1.29, 1.82) is 0 Å². The summed E-state index contributed by atoms with van der Waals surface area (Å²) < 4.78 is 0.709. The van der Waals surface area contributed by atoms with Crippen LogP contribution < -0.4 is 0 Å². The summed E-state index contributed by atoms with van der Waals surface area (Å²) in [5, 5.41) is 27.0. The van der Waals surface area contributed by atoms with Gasteiger partial charge in [0.15, 0.2) is 6.29 Å². The van der Waals surface area contributed by atoms with Gasteiger partial charge in [0, 0.05) is 4.47 Å². The van der Waals surface area contributed by atoms with Crippen LogP contribution in [-0.4, -0.2) is 15.3 Å². The summed E-state index contributed by atoms with van der Waals surface area (Å²) in [5.41, 5.74) is 0.717. The van der Waals surface area contributed by atoms with Crippen LogP contribution in [0.1, 0.15) is 17.4 Å². The Bertz CT molecular complexity index is 297. The number of aryl methyl sites for hydroxylation is 1. The van der Waals surface area contributed by atoms with Crippen LogP contribution in [0.5, 0.6) is 5.75 Å². The number of hydrogen-bond acceptors (Lipinski definition) is 3. The van der Waals surface area contributed by atoms with Crippen LogP contribution in [0.2, 0.25) is 0 Å². The standard InChI is InChI=1S/C8H9BrO3/c1-4-2-5(9)3-6(7(4)10)8(11)12/h2-3,8,10-12H,1H3. The summed E-state index contributed by atoms with van der Waals surface area (Å²) in [5.74, 6) is -0.0757. The minimum Gasteiger partial charge on any atom is -0.507 e. The van der Waals surface area contributed by atoms with Crippen LogP contribution in [0.3, 0.4) is 0 Å². The normalized spacial score (nSPS) is 10.8. The molecule has 0 heterocycles. The van der Waals surface area contributed by atoms with E-state index in [1.54, 1.807) is 13.0 Å². The summed E-state index contributed by atoms with van der Waals surface area (Å²) >= 11 is 3.18. The van der Waals surface area contributed by atoms with Crippen LogP contribution in [0.15, 0.2) is 16.6 Å². The fourth-order valence-corrected chi connectivity index (χ4v) is 1.55. The highest BCUT2D eigenvalue weighted by Gasteiger charge is 2.11. The van der Waals surface area contributed by atoms with Crippen molar-refractivity contribution in [3.63, 3.8) is 0 Å². The Hall–Kier alpha value is -0.580. The molecule has 0 aliphatic carbocycles. The van der Waals surface area contributed by atoms with E-state index >= 15 is 0 Å². The average molecular weight is 233 g/mol. The van der Waals surface area contributed by atoms with Gasteiger partial charge in [0.2, 0.25) is 0 Å². The first-order valence-corrected chi connectivity index (χ1v) is 4.17. The molecule has 0 spiro atoms. The second-order valence-corrected chi connectivity index (χ2v) is 3.45. The van der Waals surface area contributed by atoms with Gasteiger partial charge in [0.1, 0.15) is 5.75 Å². The molecule has 0 aliphatic rings. The molecule has 0 aliphatic heterocycles. The molecule has 3 nitrogen and oxygen atoms in total. The molecule has 1 aromatic rings. The smallest absolute Gasteiger partial charge is 0.182 e. The van der Waals surface area contributed by atoms with Crippen molar-refractivity contribution in [3.8, 4) is 5.75 Å². The van der Waals surface area contributed by atoms with Crippen molar-refractivity contribution in [3.05, 3.63) is 27.7 Å². The van der Waals surface area contributed by atoms with Crippen molar-refractivity contribution >= 4 is 15.9 Å². The predicted molar refractivity (Wildman–Crippen MR) is 47.7 cm³/mol. The maximum absolute atomic E-state index is 9.35. The highest BCUT2D eigenvalue weighted by molar-refractivity contribution is 9.10. The second-order valence-electron chi connectivity index (χ2n) is 2.53. The molecular formula is C8H9BrO3. The summed E-state index contributed by atoms with van der Waals surface area (Å²) in [6.07, 6.45) is -1.64. The van der Waals surface area contributed by atoms with E-state index in [1.165, 1.54) is 6.07 Å². The number of aliphatic hydroxyl groups is 2. The Morgan fingerprint density at radius 3 is 2.42 bits per heavy atom. The molecule has 0 unspecified atom stereocenters. The number of hydrogen-bond donors (Lipinski definition) is 3. The lowest BCUT2D eigenvalue weighted by molar-refractivity contribution is -0.0439. The van der Waals surface area contributed by atoms with Gasteiger partial charge in [0.25, 0.3) is 0 Å². The lowest BCUT2D eigenvalue weighted by Crippen LogP contribution is -1.96. The highest BCUT2D eigenvalue weighted by Crippen LogP contribution is 2.29. The number of aliphatic hydroxyl groups excluding tert-OH is 1. The third kappa shape index (κ3) is 1.77. The third-order valence-electron chi connectivity index (χ3n) is 1.57. The topological polar surface area (TPSA) is 60.7 Å². The minimum atomic E-state index is -1.64. The summed E-state index contributed by atoms with van der Waals surface area (Å²) in [7, 11) is 0. The average Bonchev–Trinajstić information content (AvgIpc) is 1.96. The molecule has 0 atom stereocenters. The number of benzene rings is 1. The zero-order chi connectivity index (χ0) is 9.30. The fraction of sp³-hybridized carbons (Fsp3) is 0.250. The van der Waals surface area contributed by atoms with E-state index in [0.717, 1.165) is 0 Å². The molecule has 0 fully saturated rings. The van der Waals surface area contributed by atoms with Gasteiger partial charge in [-0.2, -0.15) is 0 Å². The predicted octanol–water partition coefficient (Wildman–Crippen LogP) is 1.45. The summed E-state index contributed by atoms with van der Waals surface area (Å²) in [4.78, 5) is 0. The molecule has 0 saturated heterocycles. The Labute approximate surface area is 78.4 Å². The van der Waals surface area contributed by atoms with Gasteiger partial charge in [-0.3, -0.25) is 0 Å². The van der Waals surface area contributed by atoms with E-state index in [-0.39, 0.29) is 11.3 Å². The first-order chi connectivity index (χ1) is 5.52. The summed E-state index contributed by atoms with van der Waals surface area (Å²) in [6.45, 7) is 1.69. The van der Waals surface area contributed by atoms with Crippen molar-refractivity contribution in [2.75, 3.05) is 0 Å². The molecule has 3 N–H and O–H groups in total. The third-order valence-corrected chi connectivity index (χ3v) is 2.03. The number of phenolic OH excluding ortho intramolecular Hbond substituents is 1. The molecule has 0 radical (unpaired) electrons. The Balaban J connectivity index is 3.28. The molecule has 4 heteroatoms. The maximum Gasteiger partial charge on any atom is 0.182 e. The van der Waals surface area contributed by atoms with Gasteiger partial charge in [0.05, 0.1) is 5.56 Å². The van der Waals surface area contributed by atoms with Crippen LogP contribution >= 0.6 is 15.9 Å². The van der Waals surface area contributed by atoms with Crippen molar-refractivity contribution in [1.82, 2.24) is 0 Å². The number of aromatic hydroxyl groups is 1. The van der Waals surface area contributed by atoms with E-state index in [9.17, 15) is 5.11 Å². The van der Waals surface area contributed by atoms with Crippen LogP contribution in [-0.2, 0) is 0 Å². The lowest BCUT2D eigenvalue weighted by atomic mass is 10.1. The lowest BCUT2D eigenvalue weighted by Gasteiger charge is -2.09. The fourth-order valence-electron chi connectivity index (χ4n) is 0.958. The molecule has 1 rings (SSSR count). The molecule has 0 bridgehead atoms. The van der Waals surface area contributed by atoms with E-state index in [4.69, 9.17) is 10.2 Å². The van der Waals surface area contributed by atoms with E-state index < -0.39 is 6.29 Å². The molecule has 66 valence electrons. The summed E-state index contributed by atoms with van der Waals surface area (Å²) in [6, 6.07) is 3.16. The molecule has 0 saturated carbocycles. The van der Waals surface area contributed by atoms with Crippen molar-refractivity contribution < 1.29 is 15.3 Å². The van der Waals surface area contributed by atoms with Crippen LogP contribution in [0, 0.1) is 6.92 Å². The first-order valence-electron chi connectivity index (χ1n) is 3.37. The van der Waals surface area contributed by atoms with Crippen LogP contribution in [0.25, 0.3) is 0 Å².